The fourth-order valence-corrected chi connectivity index (χ4v) is 2.55. The maximum atomic E-state index is 10.9. The third kappa shape index (κ3) is 3.89. The summed E-state index contributed by atoms with van der Waals surface area (Å²) in [5.74, 6) is -0.392. The second-order valence-corrected chi connectivity index (χ2v) is 5.31. The van der Waals surface area contributed by atoms with E-state index in [0.29, 0.717) is 6.42 Å². The number of aryl methyl sites for hydroxylation is 1. The SMILES string of the molecule is CCc1cc(C(C#N)Cc2ccc(C(=O)O)cc2)ccc1OC. The molecule has 0 heterocycles. The molecule has 0 bridgehead atoms. The lowest BCUT2D eigenvalue weighted by Crippen LogP contribution is -2.03. The van der Waals surface area contributed by atoms with Crippen molar-refractivity contribution in [1.82, 2.24) is 0 Å². The van der Waals surface area contributed by atoms with E-state index >= 15 is 0 Å². The molecule has 0 saturated carbocycles. The molecule has 1 N–H and O–H groups in total. The van der Waals surface area contributed by atoms with Crippen molar-refractivity contribution in [2.24, 2.45) is 0 Å². The van der Waals surface area contributed by atoms with Crippen LogP contribution in [0.5, 0.6) is 5.75 Å². The van der Waals surface area contributed by atoms with Gasteiger partial charge in [-0.3, -0.25) is 0 Å². The number of hydrogen-bond donors (Lipinski definition) is 1. The first-order valence-electron chi connectivity index (χ1n) is 7.47. The Balaban J connectivity index is 2.23. The van der Waals surface area contributed by atoms with Gasteiger partial charge in [0.05, 0.1) is 24.7 Å². The highest BCUT2D eigenvalue weighted by atomic mass is 16.5. The molecule has 2 aromatic carbocycles. The molecule has 0 aliphatic carbocycles. The standard InChI is InChI=1S/C19H19NO3/c1-3-14-11-16(8-9-18(14)23-2)17(12-20)10-13-4-6-15(7-5-13)19(21)22/h4-9,11,17H,3,10H2,1-2H3,(H,21,22). The lowest BCUT2D eigenvalue weighted by atomic mass is 9.91. The van der Waals surface area contributed by atoms with Crippen molar-refractivity contribution in [3.8, 4) is 11.8 Å². The molecular formula is C19H19NO3. The normalized spacial score (nSPS) is 11.5. The van der Waals surface area contributed by atoms with Gasteiger partial charge in [0.15, 0.2) is 0 Å². The van der Waals surface area contributed by atoms with E-state index in [1.165, 1.54) is 0 Å². The lowest BCUT2D eigenvalue weighted by Gasteiger charge is -2.13. The summed E-state index contributed by atoms with van der Waals surface area (Å²) in [6.07, 6.45) is 1.38. The number of carboxylic acid groups (broad SMARTS) is 1. The second kappa shape index (κ2) is 7.46. The van der Waals surface area contributed by atoms with Crippen LogP contribution in [0.15, 0.2) is 42.5 Å². The first kappa shape index (κ1) is 16.6. The molecule has 0 spiro atoms. The predicted octanol–water partition coefficient (Wildman–Crippen LogP) is 3.81. The van der Waals surface area contributed by atoms with Crippen LogP contribution in [0.1, 0.15) is 39.9 Å². The molecule has 1 unspecified atom stereocenters. The van der Waals surface area contributed by atoms with Crippen LogP contribution in [0.2, 0.25) is 0 Å². The number of benzene rings is 2. The molecular weight excluding hydrogens is 290 g/mol. The van der Waals surface area contributed by atoms with Gasteiger partial charge in [-0.25, -0.2) is 4.79 Å². The molecule has 2 aromatic rings. The van der Waals surface area contributed by atoms with Crippen molar-refractivity contribution in [3.63, 3.8) is 0 Å². The van der Waals surface area contributed by atoms with E-state index in [1.54, 1.807) is 31.4 Å². The van der Waals surface area contributed by atoms with Crippen LogP contribution in [0, 0.1) is 11.3 Å². The summed E-state index contributed by atoms with van der Waals surface area (Å²) in [6, 6.07) is 14.8. The van der Waals surface area contributed by atoms with Gasteiger partial charge in [0, 0.05) is 0 Å². The van der Waals surface area contributed by atoms with Crippen LogP contribution in [0.25, 0.3) is 0 Å². The number of carboxylic acids is 1. The molecule has 23 heavy (non-hydrogen) atoms. The van der Waals surface area contributed by atoms with E-state index in [4.69, 9.17) is 9.84 Å². The number of hydrogen-bond acceptors (Lipinski definition) is 3. The molecule has 0 amide bonds. The smallest absolute Gasteiger partial charge is 0.335 e. The molecule has 0 saturated heterocycles. The van der Waals surface area contributed by atoms with Crippen LogP contribution < -0.4 is 4.74 Å². The van der Waals surface area contributed by atoms with Crippen molar-refractivity contribution >= 4 is 5.97 Å². The summed E-state index contributed by atoms with van der Waals surface area (Å²) in [7, 11) is 1.64. The van der Waals surface area contributed by atoms with Gasteiger partial charge in [0.25, 0.3) is 0 Å². The topological polar surface area (TPSA) is 70.3 Å². The summed E-state index contributed by atoms with van der Waals surface area (Å²) >= 11 is 0. The number of nitrogens with zero attached hydrogens (tertiary/aromatic N) is 1. The molecule has 0 fully saturated rings. The van der Waals surface area contributed by atoms with E-state index < -0.39 is 5.97 Å². The Kier molecular flexibility index (Phi) is 5.37. The Hall–Kier alpha value is -2.80. The van der Waals surface area contributed by atoms with Gasteiger partial charge in [0.1, 0.15) is 5.75 Å². The summed E-state index contributed by atoms with van der Waals surface area (Å²) in [5, 5.41) is 18.4. The maximum Gasteiger partial charge on any atom is 0.335 e. The zero-order chi connectivity index (χ0) is 16.8. The largest absolute Gasteiger partial charge is 0.496 e. The molecule has 1 atom stereocenters. The minimum absolute atomic E-state index is 0.250. The quantitative estimate of drug-likeness (QED) is 0.881. The van der Waals surface area contributed by atoms with Crippen LogP contribution >= 0.6 is 0 Å². The van der Waals surface area contributed by atoms with Gasteiger partial charge in [0.2, 0.25) is 0 Å². The van der Waals surface area contributed by atoms with Gasteiger partial charge in [-0.15, -0.1) is 0 Å². The summed E-state index contributed by atoms with van der Waals surface area (Å²) in [6.45, 7) is 2.05. The summed E-state index contributed by atoms with van der Waals surface area (Å²) in [4.78, 5) is 10.9. The maximum absolute atomic E-state index is 10.9. The predicted molar refractivity (Wildman–Crippen MR) is 87.8 cm³/mol. The molecule has 4 heteroatoms. The molecule has 4 nitrogen and oxygen atoms in total. The Morgan fingerprint density at radius 1 is 1.26 bits per heavy atom. The highest BCUT2D eigenvalue weighted by Crippen LogP contribution is 2.27. The number of rotatable bonds is 6. The van der Waals surface area contributed by atoms with Crippen molar-refractivity contribution in [2.45, 2.75) is 25.7 Å². The first-order chi connectivity index (χ1) is 11.1. The summed E-state index contributed by atoms with van der Waals surface area (Å²) < 4.78 is 5.32. The van der Waals surface area contributed by atoms with E-state index in [1.807, 2.05) is 25.1 Å². The van der Waals surface area contributed by atoms with Crippen molar-refractivity contribution in [3.05, 3.63) is 64.7 Å². The lowest BCUT2D eigenvalue weighted by molar-refractivity contribution is 0.0697. The fourth-order valence-electron chi connectivity index (χ4n) is 2.55. The Bertz CT molecular complexity index is 729. The number of aromatic carboxylic acids is 1. The molecule has 0 radical (unpaired) electrons. The van der Waals surface area contributed by atoms with Crippen LogP contribution in [-0.2, 0) is 12.8 Å². The zero-order valence-corrected chi connectivity index (χ0v) is 13.2. The average Bonchev–Trinajstić information content (AvgIpc) is 2.59. The molecule has 118 valence electrons. The molecule has 0 aliphatic heterocycles. The Morgan fingerprint density at radius 2 is 1.96 bits per heavy atom. The Labute approximate surface area is 136 Å². The van der Waals surface area contributed by atoms with Gasteiger partial charge >= 0.3 is 5.97 Å². The summed E-state index contributed by atoms with van der Waals surface area (Å²) in [5.41, 5.74) is 3.22. The number of carbonyl (C=O) groups is 1. The number of nitriles is 1. The molecule has 2 rings (SSSR count). The van der Waals surface area contributed by atoms with Crippen LogP contribution in [0.4, 0.5) is 0 Å². The highest BCUT2D eigenvalue weighted by Gasteiger charge is 2.14. The van der Waals surface area contributed by atoms with Gasteiger partial charge in [-0.2, -0.15) is 5.26 Å². The van der Waals surface area contributed by atoms with Gasteiger partial charge in [-0.05, 0) is 47.7 Å². The Morgan fingerprint density at radius 3 is 2.48 bits per heavy atom. The van der Waals surface area contributed by atoms with Gasteiger partial charge in [-0.1, -0.05) is 31.2 Å². The van der Waals surface area contributed by atoms with Gasteiger partial charge < -0.3 is 9.84 Å². The second-order valence-electron chi connectivity index (χ2n) is 5.31. The number of ether oxygens (including phenoxy) is 1. The van der Waals surface area contributed by atoms with Crippen molar-refractivity contribution in [2.75, 3.05) is 7.11 Å². The van der Waals surface area contributed by atoms with Crippen LogP contribution in [0.3, 0.4) is 0 Å². The minimum Gasteiger partial charge on any atom is -0.496 e. The highest BCUT2D eigenvalue weighted by molar-refractivity contribution is 5.87. The monoisotopic (exact) mass is 309 g/mol. The van der Waals surface area contributed by atoms with E-state index in [2.05, 4.69) is 6.07 Å². The fraction of sp³-hybridized carbons (Fsp3) is 0.263. The molecule has 0 aromatic heterocycles. The first-order valence-corrected chi connectivity index (χ1v) is 7.47. The van der Waals surface area contributed by atoms with E-state index in [9.17, 15) is 10.1 Å². The minimum atomic E-state index is -0.948. The third-order valence-corrected chi connectivity index (χ3v) is 3.88. The third-order valence-electron chi connectivity index (χ3n) is 3.88. The van der Waals surface area contributed by atoms with Crippen molar-refractivity contribution in [1.29, 1.82) is 5.26 Å². The van der Waals surface area contributed by atoms with E-state index in [-0.39, 0.29) is 11.5 Å². The van der Waals surface area contributed by atoms with E-state index in [0.717, 1.165) is 28.9 Å². The number of methoxy groups -OCH3 is 1. The van der Waals surface area contributed by atoms with Crippen molar-refractivity contribution < 1.29 is 14.6 Å². The zero-order valence-electron chi connectivity index (χ0n) is 13.2. The average molecular weight is 309 g/mol. The molecule has 0 aliphatic rings. The van der Waals surface area contributed by atoms with Crippen LogP contribution in [-0.4, -0.2) is 18.2 Å².